The van der Waals surface area contributed by atoms with Gasteiger partial charge in [-0.1, -0.05) is 18.1 Å². The second-order valence-corrected chi connectivity index (χ2v) is 10.5. The van der Waals surface area contributed by atoms with Crippen LogP contribution in [0.5, 0.6) is 0 Å². The lowest BCUT2D eigenvalue weighted by atomic mass is 9.97. The summed E-state index contributed by atoms with van der Waals surface area (Å²) in [6, 6.07) is 4.92. The number of ether oxygens (including phenoxy) is 1. The van der Waals surface area contributed by atoms with Crippen molar-refractivity contribution in [1.82, 2.24) is 4.90 Å². The van der Waals surface area contributed by atoms with Gasteiger partial charge in [-0.3, -0.25) is 9.69 Å². The number of benzene rings is 1. The topological polar surface area (TPSA) is 83.9 Å². The van der Waals surface area contributed by atoms with Gasteiger partial charge in [0, 0.05) is 38.9 Å². The van der Waals surface area contributed by atoms with Crippen LogP contribution in [0.15, 0.2) is 24.3 Å². The molecule has 1 aromatic carbocycles. The second-order valence-electron chi connectivity index (χ2n) is 8.10. The third-order valence-corrected chi connectivity index (χ3v) is 7.79. The average molecular weight is 476 g/mol. The number of esters is 1. The molecular formula is C25H30FNO5S. The van der Waals surface area contributed by atoms with E-state index in [0.717, 1.165) is 17.4 Å². The number of methoxy groups -OCH3 is 1. The third kappa shape index (κ3) is 7.17. The van der Waals surface area contributed by atoms with Gasteiger partial charge >= 0.3 is 5.97 Å². The van der Waals surface area contributed by atoms with Crippen molar-refractivity contribution >= 4 is 21.4 Å². The normalized spacial score (nSPS) is 15.8. The van der Waals surface area contributed by atoms with Gasteiger partial charge in [0.05, 0.1) is 12.7 Å². The number of carbonyl (C=O) groups is 1. The van der Waals surface area contributed by atoms with Crippen molar-refractivity contribution in [1.29, 1.82) is 0 Å². The van der Waals surface area contributed by atoms with E-state index in [-0.39, 0.29) is 18.6 Å². The lowest BCUT2D eigenvalue weighted by Gasteiger charge is -2.31. The van der Waals surface area contributed by atoms with Crippen molar-refractivity contribution in [2.75, 3.05) is 39.6 Å². The Hall–Kier alpha value is -2.65. The molecule has 1 aliphatic rings. The number of aliphatic hydroxyl groups excluding tert-OH is 1. The molecule has 1 aromatic rings. The number of sulfone groups is 1. The van der Waals surface area contributed by atoms with Crippen LogP contribution >= 0.6 is 0 Å². The number of halogens is 1. The molecule has 0 fully saturated rings. The Morgan fingerprint density at radius 1 is 1.33 bits per heavy atom. The number of hydrogen-bond donors (Lipinski definition) is 1. The average Bonchev–Trinajstić information content (AvgIpc) is 2.79. The molecule has 1 unspecified atom stereocenters. The summed E-state index contributed by atoms with van der Waals surface area (Å²) in [6.07, 6.45) is 4.98. The Labute approximate surface area is 195 Å². The van der Waals surface area contributed by atoms with E-state index in [0.29, 0.717) is 38.9 Å². The third-order valence-electron chi connectivity index (χ3n) is 5.78. The van der Waals surface area contributed by atoms with Crippen molar-refractivity contribution in [3.63, 3.8) is 0 Å². The van der Waals surface area contributed by atoms with Crippen molar-refractivity contribution in [2.45, 2.75) is 37.4 Å². The predicted octanol–water partition coefficient (Wildman–Crippen LogP) is 2.41. The van der Waals surface area contributed by atoms with E-state index in [2.05, 4.69) is 28.6 Å². The summed E-state index contributed by atoms with van der Waals surface area (Å²) in [6.45, 7) is 3.14. The van der Waals surface area contributed by atoms with Crippen LogP contribution < -0.4 is 0 Å². The number of unbranched alkanes of at least 4 members (excludes halogenated alkanes) is 1. The van der Waals surface area contributed by atoms with E-state index in [9.17, 15) is 17.6 Å². The summed E-state index contributed by atoms with van der Waals surface area (Å²) in [5, 5.41) is 8.70. The first kappa shape index (κ1) is 26.6. The van der Waals surface area contributed by atoms with Gasteiger partial charge in [-0.25, -0.2) is 12.8 Å². The van der Waals surface area contributed by atoms with Crippen LogP contribution in [-0.4, -0.2) is 68.7 Å². The Balaban J connectivity index is 2.02. The first-order valence-electron chi connectivity index (χ1n) is 10.7. The van der Waals surface area contributed by atoms with Gasteiger partial charge in [-0.2, -0.15) is 0 Å². The lowest BCUT2D eigenvalue weighted by molar-refractivity contribution is -0.143. The summed E-state index contributed by atoms with van der Waals surface area (Å²) >= 11 is 0. The predicted molar refractivity (Wildman–Crippen MR) is 126 cm³/mol. The number of nitrogens with zero attached hydrogens (tertiary/aromatic N) is 1. The fourth-order valence-corrected chi connectivity index (χ4v) is 4.24. The molecule has 0 saturated heterocycles. The Kier molecular flexibility index (Phi) is 9.67. The van der Waals surface area contributed by atoms with Gasteiger partial charge < -0.3 is 9.84 Å². The molecule has 1 N–H and O–H groups in total. The molecule has 0 aromatic heterocycles. The maximum atomic E-state index is 14.5. The molecule has 2 rings (SSSR count). The molecule has 0 aliphatic carbocycles. The molecule has 0 saturated carbocycles. The van der Waals surface area contributed by atoms with E-state index in [4.69, 9.17) is 9.84 Å². The Bertz CT molecular complexity index is 1120. The van der Waals surface area contributed by atoms with Gasteiger partial charge in [0.25, 0.3) is 0 Å². The maximum Gasteiger partial charge on any atom is 0.326 e. The van der Waals surface area contributed by atoms with Crippen molar-refractivity contribution in [2.24, 2.45) is 0 Å². The highest BCUT2D eigenvalue weighted by atomic mass is 32.2. The zero-order chi connectivity index (χ0) is 24.5. The van der Waals surface area contributed by atoms with Gasteiger partial charge in [-0.05, 0) is 67.2 Å². The molecule has 6 nitrogen and oxygen atoms in total. The first-order chi connectivity index (χ1) is 15.6. The van der Waals surface area contributed by atoms with Crippen LogP contribution in [0, 0.1) is 29.5 Å². The van der Waals surface area contributed by atoms with Crippen LogP contribution in [0.1, 0.15) is 43.7 Å². The molecule has 0 spiro atoms. The first-order valence-corrected chi connectivity index (χ1v) is 12.6. The van der Waals surface area contributed by atoms with Crippen molar-refractivity contribution in [3.8, 4) is 23.7 Å². The van der Waals surface area contributed by atoms with Crippen LogP contribution in [0.3, 0.4) is 0 Å². The molecule has 1 atom stereocenters. The second kappa shape index (κ2) is 12.0. The fraction of sp³-hybridized carbons (Fsp3) is 0.480. The molecule has 0 radical (unpaired) electrons. The van der Waals surface area contributed by atoms with Gasteiger partial charge in [0.1, 0.15) is 5.82 Å². The molecule has 0 amide bonds. The number of hydrogen-bond acceptors (Lipinski definition) is 6. The van der Waals surface area contributed by atoms with Crippen LogP contribution in [0.25, 0.3) is 5.57 Å². The zero-order valence-electron chi connectivity index (χ0n) is 19.3. The van der Waals surface area contributed by atoms with Crippen LogP contribution in [0.4, 0.5) is 4.39 Å². The van der Waals surface area contributed by atoms with Gasteiger partial charge in [0.2, 0.25) is 0 Å². The minimum absolute atomic E-state index is 0.0827. The van der Waals surface area contributed by atoms with E-state index in [1.54, 1.807) is 6.07 Å². The van der Waals surface area contributed by atoms with E-state index >= 15 is 0 Å². The molecular weight excluding hydrogens is 445 g/mol. The zero-order valence-corrected chi connectivity index (χ0v) is 20.1. The highest BCUT2D eigenvalue weighted by molar-refractivity contribution is 7.92. The highest BCUT2D eigenvalue weighted by Gasteiger charge is 2.44. The lowest BCUT2D eigenvalue weighted by Crippen LogP contribution is -2.46. The summed E-state index contributed by atoms with van der Waals surface area (Å²) < 4.78 is 41.9. The van der Waals surface area contributed by atoms with E-state index in [1.807, 2.05) is 12.1 Å². The maximum absolute atomic E-state index is 14.5. The Morgan fingerprint density at radius 3 is 2.67 bits per heavy atom. The molecule has 1 aliphatic heterocycles. The summed E-state index contributed by atoms with van der Waals surface area (Å²) in [5.41, 5.74) is 2.06. The largest absolute Gasteiger partial charge is 0.468 e. The van der Waals surface area contributed by atoms with Crippen molar-refractivity contribution in [3.05, 3.63) is 41.2 Å². The molecule has 0 bridgehead atoms. The number of rotatable bonds is 8. The monoisotopic (exact) mass is 475 g/mol. The number of carbonyl (C=O) groups excluding carboxylic acids is 1. The minimum atomic E-state index is -3.64. The van der Waals surface area contributed by atoms with Crippen molar-refractivity contribution < 1.29 is 27.4 Å². The molecule has 1 heterocycles. The quantitative estimate of drug-likeness (QED) is 0.353. The summed E-state index contributed by atoms with van der Waals surface area (Å²) in [7, 11) is -2.46. The highest BCUT2D eigenvalue weighted by Crippen LogP contribution is 2.27. The molecule has 8 heteroatoms. The molecule has 178 valence electrons. The number of aliphatic hydroxyl groups is 1. The molecule has 33 heavy (non-hydrogen) atoms. The van der Waals surface area contributed by atoms with Crippen LogP contribution in [0.2, 0.25) is 0 Å². The van der Waals surface area contributed by atoms with E-state index < -0.39 is 26.4 Å². The smallest absolute Gasteiger partial charge is 0.326 e. The standard InChI is InChI=1S/C25H30FNO5S/c1-25(24(29)32-2,33(3,30)31)14-17-27-15-12-20(13-16-27)22-11-10-21(23(26)19-22)9-7-5-4-6-8-18-28/h10-12,19,28H,6,8,13-18H2,1-3H3. The SMILES string of the molecule is COC(=O)C(C)(CCN1CC=C(c2ccc(C#CC#CCCCO)c(F)c2)CC1)S(C)(=O)=O. The van der Waals surface area contributed by atoms with Crippen LogP contribution in [-0.2, 0) is 19.4 Å². The van der Waals surface area contributed by atoms with Gasteiger partial charge in [-0.15, -0.1) is 0 Å². The fourth-order valence-electron chi connectivity index (χ4n) is 3.39. The Morgan fingerprint density at radius 2 is 2.09 bits per heavy atom. The van der Waals surface area contributed by atoms with E-state index in [1.165, 1.54) is 20.1 Å². The minimum Gasteiger partial charge on any atom is -0.468 e. The summed E-state index contributed by atoms with van der Waals surface area (Å²) in [5.74, 6) is 9.61. The van der Waals surface area contributed by atoms with Gasteiger partial charge in [0.15, 0.2) is 14.6 Å². The summed E-state index contributed by atoms with van der Waals surface area (Å²) in [4.78, 5) is 14.1.